The SMILES string of the molecule is COCCNC(=O)Nc1cc(N)c(C(=N)OC)c(CO)n1. The molecule has 0 aliphatic heterocycles. The molecule has 21 heavy (non-hydrogen) atoms. The number of carbonyl (C=O) groups is 1. The molecule has 9 nitrogen and oxygen atoms in total. The maximum Gasteiger partial charge on any atom is 0.320 e. The first kappa shape index (κ1) is 16.7. The quantitative estimate of drug-likeness (QED) is 0.282. The number of aromatic nitrogens is 1. The van der Waals surface area contributed by atoms with Crippen LogP contribution in [0, 0.1) is 5.41 Å². The average Bonchev–Trinajstić information content (AvgIpc) is 2.46. The van der Waals surface area contributed by atoms with Crippen molar-refractivity contribution in [3.8, 4) is 0 Å². The van der Waals surface area contributed by atoms with E-state index in [1.54, 1.807) is 0 Å². The highest BCUT2D eigenvalue weighted by Gasteiger charge is 2.16. The van der Waals surface area contributed by atoms with Gasteiger partial charge in [0.2, 0.25) is 5.90 Å². The van der Waals surface area contributed by atoms with Crippen LogP contribution < -0.4 is 16.4 Å². The minimum absolute atomic E-state index is 0.147. The molecule has 1 aromatic rings. The van der Waals surface area contributed by atoms with Gasteiger partial charge in [0.05, 0.1) is 31.6 Å². The molecule has 0 radical (unpaired) electrons. The Labute approximate surface area is 122 Å². The van der Waals surface area contributed by atoms with Crippen molar-refractivity contribution in [2.45, 2.75) is 6.61 Å². The van der Waals surface area contributed by atoms with E-state index in [9.17, 15) is 9.90 Å². The fourth-order valence-electron chi connectivity index (χ4n) is 1.59. The molecule has 1 rings (SSSR count). The number of methoxy groups -OCH3 is 2. The third kappa shape index (κ3) is 4.58. The van der Waals surface area contributed by atoms with Gasteiger partial charge in [0, 0.05) is 25.4 Å². The Balaban J connectivity index is 2.88. The number of amides is 2. The number of urea groups is 1. The number of aliphatic hydroxyl groups excluding tert-OH is 1. The van der Waals surface area contributed by atoms with E-state index in [1.807, 2.05) is 0 Å². The fraction of sp³-hybridized carbons (Fsp3) is 0.417. The Morgan fingerprint density at radius 2 is 2.24 bits per heavy atom. The minimum atomic E-state index is -0.475. The molecule has 1 heterocycles. The molecule has 116 valence electrons. The standard InChI is InChI=1S/C12H19N5O4/c1-20-4-3-15-12(19)17-9-5-7(13)10(11(14)21-2)8(6-18)16-9/h5,14,18H,3-4,6H2,1-2H3,(H4,13,15,16,17,19). The van der Waals surface area contributed by atoms with Gasteiger partial charge < -0.3 is 25.6 Å². The number of aliphatic hydroxyl groups is 1. The molecular formula is C12H19N5O4. The van der Waals surface area contributed by atoms with Gasteiger partial charge in [-0.05, 0) is 0 Å². The zero-order valence-electron chi connectivity index (χ0n) is 11.9. The summed E-state index contributed by atoms with van der Waals surface area (Å²) >= 11 is 0. The van der Waals surface area contributed by atoms with Gasteiger partial charge in [-0.2, -0.15) is 0 Å². The number of hydrogen-bond donors (Lipinski definition) is 5. The van der Waals surface area contributed by atoms with E-state index in [0.717, 1.165) is 0 Å². The van der Waals surface area contributed by atoms with E-state index in [1.165, 1.54) is 20.3 Å². The molecule has 0 bridgehead atoms. The topological polar surface area (TPSA) is 143 Å². The molecule has 0 saturated heterocycles. The van der Waals surface area contributed by atoms with E-state index in [2.05, 4.69) is 15.6 Å². The van der Waals surface area contributed by atoms with Gasteiger partial charge in [-0.25, -0.2) is 9.78 Å². The number of anilines is 2. The molecule has 0 aliphatic rings. The zero-order valence-corrected chi connectivity index (χ0v) is 11.9. The molecule has 0 aliphatic carbocycles. The average molecular weight is 297 g/mol. The number of nitrogens with zero attached hydrogens (tertiary/aromatic N) is 1. The van der Waals surface area contributed by atoms with Crippen LogP contribution >= 0.6 is 0 Å². The number of nitrogen functional groups attached to an aromatic ring is 1. The van der Waals surface area contributed by atoms with E-state index in [0.29, 0.717) is 13.2 Å². The fourth-order valence-corrected chi connectivity index (χ4v) is 1.59. The Bertz CT molecular complexity index is 521. The van der Waals surface area contributed by atoms with Gasteiger partial charge in [0.25, 0.3) is 0 Å². The summed E-state index contributed by atoms with van der Waals surface area (Å²) in [6.07, 6.45) is 0. The van der Waals surface area contributed by atoms with Gasteiger partial charge >= 0.3 is 6.03 Å². The molecule has 0 atom stereocenters. The summed E-state index contributed by atoms with van der Waals surface area (Å²) in [6.45, 7) is 0.290. The summed E-state index contributed by atoms with van der Waals surface area (Å²) in [5, 5.41) is 22.0. The number of ether oxygens (including phenoxy) is 2. The number of carbonyl (C=O) groups excluding carboxylic acids is 1. The van der Waals surface area contributed by atoms with Crippen molar-refractivity contribution >= 4 is 23.4 Å². The largest absolute Gasteiger partial charge is 0.481 e. The summed E-state index contributed by atoms with van der Waals surface area (Å²) in [7, 11) is 2.84. The molecule has 1 aromatic heterocycles. The van der Waals surface area contributed by atoms with Crippen molar-refractivity contribution in [2.24, 2.45) is 0 Å². The van der Waals surface area contributed by atoms with Crippen LogP contribution in [0.15, 0.2) is 6.07 Å². The van der Waals surface area contributed by atoms with Crippen LogP contribution in [0.5, 0.6) is 0 Å². The molecule has 0 unspecified atom stereocenters. The van der Waals surface area contributed by atoms with Gasteiger partial charge in [0.15, 0.2) is 0 Å². The number of nitrogens with two attached hydrogens (primary N) is 1. The van der Waals surface area contributed by atoms with Crippen LogP contribution in [-0.2, 0) is 16.1 Å². The van der Waals surface area contributed by atoms with Gasteiger partial charge in [-0.15, -0.1) is 0 Å². The predicted molar refractivity (Wildman–Crippen MR) is 77.3 cm³/mol. The van der Waals surface area contributed by atoms with E-state index < -0.39 is 12.6 Å². The van der Waals surface area contributed by atoms with Crippen molar-refractivity contribution in [3.05, 3.63) is 17.3 Å². The number of pyridine rings is 1. The lowest BCUT2D eigenvalue weighted by molar-refractivity contribution is 0.198. The predicted octanol–water partition coefficient (Wildman–Crippen LogP) is -0.104. The first-order valence-electron chi connectivity index (χ1n) is 6.10. The lowest BCUT2D eigenvalue weighted by atomic mass is 10.1. The lowest BCUT2D eigenvalue weighted by Gasteiger charge is -2.13. The summed E-state index contributed by atoms with van der Waals surface area (Å²) in [4.78, 5) is 15.6. The highest BCUT2D eigenvalue weighted by atomic mass is 16.5. The van der Waals surface area contributed by atoms with Crippen molar-refractivity contribution in [1.29, 1.82) is 5.41 Å². The van der Waals surface area contributed by atoms with Crippen LogP contribution in [0.25, 0.3) is 0 Å². The van der Waals surface area contributed by atoms with Crippen LogP contribution in [0.2, 0.25) is 0 Å². The molecule has 2 amide bonds. The van der Waals surface area contributed by atoms with Crippen LogP contribution in [0.1, 0.15) is 11.3 Å². The summed E-state index contributed by atoms with van der Waals surface area (Å²) in [5.74, 6) is -0.0423. The maximum absolute atomic E-state index is 11.6. The summed E-state index contributed by atoms with van der Waals surface area (Å²) in [6, 6.07) is 0.912. The lowest BCUT2D eigenvalue weighted by Crippen LogP contribution is -2.32. The first-order valence-corrected chi connectivity index (χ1v) is 6.10. The maximum atomic E-state index is 11.6. The third-order valence-electron chi connectivity index (χ3n) is 2.54. The number of nitrogens with one attached hydrogen (secondary N) is 3. The first-order chi connectivity index (χ1) is 10.0. The van der Waals surface area contributed by atoms with Gasteiger partial charge in [-0.1, -0.05) is 0 Å². The van der Waals surface area contributed by atoms with Crippen molar-refractivity contribution < 1.29 is 19.4 Å². The van der Waals surface area contributed by atoms with E-state index in [4.69, 9.17) is 20.6 Å². The second kappa shape index (κ2) is 8.02. The van der Waals surface area contributed by atoms with Crippen LogP contribution in [-0.4, -0.2) is 49.4 Å². The minimum Gasteiger partial charge on any atom is -0.481 e. The molecule has 6 N–H and O–H groups in total. The Kier molecular flexibility index (Phi) is 6.37. The second-order valence-corrected chi connectivity index (χ2v) is 3.98. The second-order valence-electron chi connectivity index (χ2n) is 3.98. The van der Waals surface area contributed by atoms with Crippen molar-refractivity contribution in [2.75, 3.05) is 38.4 Å². The van der Waals surface area contributed by atoms with Gasteiger partial charge in [0.1, 0.15) is 5.82 Å². The van der Waals surface area contributed by atoms with Crippen LogP contribution in [0.4, 0.5) is 16.3 Å². The number of rotatable bonds is 6. The highest BCUT2D eigenvalue weighted by molar-refractivity contribution is 5.99. The molecule has 0 saturated carbocycles. The van der Waals surface area contributed by atoms with E-state index >= 15 is 0 Å². The van der Waals surface area contributed by atoms with E-state index in [-0.39, 0.29) is 28.7 Å². The normalized spacial score (nSPS) is 10.0. The van der Waals surface area contributed by atoms with Crippen molar-refractivity contribution in [1.82, 2.24) is 10.3 Å². The van der Waals surface area contributed by atoms with Crippen LogP contribution in [0.3, 0.4) is 0 Å². The third-order valence-corrected chi connectivity index (χ3v) is 2.54. The Hall–Kier alpha value is -2.39. The Morgan fingerprint density at radius 1 is 1.52 bits per heavy atom. The van der Waals surface area contributed by atoms with Crippen molar-refractivity contribution in [3.63, 3.8) is 0 Å². The smallest absolute Gasteiger partial charge is 0.320 e. The number of hydrogen-bond acceptors (Lipinski definition) is 7. The molecule has 0 aromatic carbocycles. The summed E-state index contributed by atoms with van der Waals surface area (Å²) in [5.41, 5.74) is 6.33. The molecular weight excluding hydrogens is 278 g/mol. The summed E-state index contributed by atoms with van der Waals surface area (Å²) < 4.78 is 9.59. The molecule has 0 fully saturated rings. The molecule has 0 spiro atoms. The molecule has 9 heteroatoms. The van der Waals surface area contributed by atoms with Gasteiger partial charge in [-0.3, -0.25) is 10.7 Å². The monoisotopic (exact) mass is 297 g/mol. The zero-order chi connectivity index (χ0) is 15.8. The Morgan fingerprint density at radius 3 is 2.81 bits per heavy atom. The highest BCUT2D eigenvalue weighted by Crippen LogP contribution is 2.20.